The van der Waals surface area contributed by atoms with Crippen molar-refractivity contribution in [3.63, 3.8) is 0 Å². The molecule has 0 heterocycles. The molecule has 0 aliphatic carbocycles. The Labute approximate surface area is 181 Å². The van der Waals surface area contributed by atoms with Crippen LogP contribution in [-0.4, -0.2) is 40.3 Å². The summed E-state index contributed by atoms with van der Waals surface area (Å²) in [7, 11) is -3.48. The fourth-order valence-corrected chi connectivity index (χ4v) is 4.14. The molecular formula is C23H25FN2O4S. The molecule has 0 fully saturated rings. The third kappa shape index (κ3) is 6.68. The summed E-state index contributed by atoms with van der Waals surface area (Å²) in [6.07, 6.45) is 1.73. The Balaban J connectivity index is 1.47. The van der Waals surface area contributed by atoms with Crippen LogP contribution in [0.3, 0.4) is 0 Å². The average molecular weight is 445 g/mol. The van der Waals surface area contributed by atoms with Crippen molar-refractivity contribution in [3.05, 3.63) is 72.5 Å². The minimum atomic E-state index is -3.48. The molecule has 0 radical (unpaired) electrons. The van der Waals surface area contributed by atoms with Crippen LogP contribution in [0.25, 0.3) is 10.8 Å². The highest BCUT2D eigenvalue weighted by molar-refractivity contribution is 7.92. The lowest BCUT2D eigenvalue weighted by atomic mass is 10.1. The van der Waals surface area contributed by atoms with Crippen molar-refractivity contribution < 1.29 is 22.3 Å². The van der Waals surface area contributed by atoms with E-state index < -0.39 is 10.0 Å². The van der Waals surface area contributed by atoms with Crippen LogP contribution in [-0.2, 0) is 14.8 Å². The molecule has 3 aromatic carbocycles. The summed E-state index contributed by atoms with van der Waals surface area (Å²) < 4.78 is 44.2. The van der Waals surface area contributed by atoms with Crippen LogP contribution in [0, 0.1) is 5.82 Å². The maximum absolute atomic E-state index is 12.9. The number of amides is 1. The lowest BCUT2D eigenvalue weighted by molar-refractivity contribution is -0.121. The quantitative estimate of drug-likeness (QED) is 0.484. The van der Waals surface area contributed by atoms with Gasteiger partial charge in [-0.3, -0.25) is 9.10 Å². The first-order valence-electron chi connectivity index (χ1n) is 9.94. The first-order chi connectivity index (χ1) is 14.8. The first kappa shape index (κ1) is 22.6. The van der Waals surface area contributed by atoms with Gasteiger partial charge >= 0.3 is 0 Å². The Morgan fingerprint density at radius 1 is 1.03 bits per heavy atom. The van der Waals surface area contributed by atoms with Crippen LogP contribution in [0.15, 0.2) is 66.7 Å². The zero-order valence-electron chi connectivity index (χ0n) is 17.3. The van der Waals surface area contributed by atoms with Gasteiger partial charge in [-0.1, -0.05) is 30.3 Å². The molecule has 0 atom stereocenters. The fourth-order valence-electron chi connectivity index (χ4n) is 3.18. The predicted molar refractivity (Wildman–Crippen MR) is 120 cm³/mol. The largest absolute Gasteiger partial charge is 0.492 e. The van der Waals surface area contributed by atoms with Gasteiger partial charge in [0.15, 0.2) is 0 Å². The number of fused-ring (bicyclic) bond motifs is 1. The van der Waals surface area contributed by atoms with Crippen LogP contribution in [0.2, 0.25) is 0 Å². The monoisotopic (exact) mass is 444 g/mol. The lowest BCUT2D eigenvalue weighted by Gasteiger charge is -2.22. The van der Waals surface area contributed by atoms with Gasteiger partial charge in [0, 0.05) is 13.0 Å². The van der Waals surface area contributed by atoms with E-state index in [9.17, 15) is 17.6 Å². The number of carbonyl (C=O) groups excluding carboxylic acids is 1. The molecule has 8 heteroatoms. The summed E-state index contributed by atoms with van der Waals surface area (Å²) in [6, 6.07) is 18.9. The summed E-state index contributed by atoms with van der Waals surface area (Å²) >= 11 is 0. The molecule has 0 saturated carbocycles. The molecule has 3 rings (SSSR count). The van der Waals surface area contributed by atoms with Gasteiger partial charge in [-0.15, -0.1) is 0 Å². The molecule has 0 aliphatic heterocycles. The van der Waals surface area contributed by atoms with Crippen molar-refractivity contribution in [2.75, 3.05) is 30.3 Å². The Kier molecular flexibility index (Phi) is 7.46. The molecular weight excluding hydrogens is 419 g/mol. The highest BCUT2D eigenvalue weighted by atomic mass is 32.2. The average Bonchev–Trinajstić information content (AvgIpc) is 2.74. The molecule has 0 saturated heterocycles. The molecule has 164 valence electrons. The molecule has 0 bridgehead atoms. The number of rotatable bonds is 10. The number of hydrogen-bond acceptors (Lipinski definition) is 4. The Morgan fingerprint density at radius 2 is 1.74 bits per heavy atom. The van der Waals surface area contributed by atoms with Crippen LogP contribution >= 0.6 is 0 Å². The standard InChI is InChI=1S/C23H25FN2O4S/c1-31(28,29)26(21-11-8-18-5-2-3-6-19(18)17-21)15-4-7-23(27)25-14-16-30-22-12-9-20(24)10-13-22/h2-3,5-6,8-13,17H,4,7,14-16H2,1H3,(H,25,27). The molecule has 0 aliphatic rings. The molecule has 6 nitrogen and oxygen atoms in total. The minimum Gasteiger partial charge on any atom is -0.492 e. The first-order valence-corrected chi connectivity index (χ1v) is 11.8. The summed E-state index contributed by atoms with van der Waals surface area (Å²) in [5, 5.41) is 4.72. The van der Waals surface area contributed by atoms with Crippen LogP contribution in [0.1, 0.15) is 12.8 Å². The Bertz CT molecular complexity index is 1130. The number of hydrogen-bond donors (Lipinski definition) is 1. The zero-order chi connectivity index (χ0) is 22.3. The summed E-state index contributed by atoms with van der Waals surface area (Å²) in [6.45, 7) is 0.761. The lowest BCUT2D eigenvalue weighted by Crippen LogP contribution is -2.32. The topological polar surface area (TPSA) is 75.7 Å². The molecule has 1 amide bonds. The Hall–Kier alpha value is -3.13. The van der Waals surface area contributed by atoms with E-state index >= 15 is 0 Å². The van der Waals surface area contributed by atoms with E-state index in [-0.39, 0.29) is 31.3 Å². The van der Waals surface area contributed by atoms with E-state index in [2.05, 4.69) is 5.32 Å². The predicted octanol–water partition coefficient (Wildman–Crippen LogP) is 3.72. The van der Waals surface area contributed by atoms with Gasteiger partial charge in [0.2, 0.25) is 15.9 Å². The number of halogens is 1. The molecule has 1 N–H and O–H groups in total. The maximum atomic E-state index is 12.9. The summed E-state index contributed by atoms with van der Waals surface area (Å²) in [4.78, 5) is 12.1. The van der Waals surface area contributed by atoms with E-state index in [4.69, 9.17) is 4.74 Å². The summed E-state index contributed by atoms with van der Waals surface area (Å²) in [5.74, 6) is -0.00280. The second-order valence-corrected chi connectivity index (χ2v) is 9.03. The van der Waals surface area contributed by atoms with E-state index in [1.54, 1.807) is 6.07 Å². The normalized spacial score (nSPS) is 11.3. The molecule has 3 aromatic rings. The van der Waals surface area contributed by atoms with Gasteiger partial charge in [0.1, 0.15) is 18.2 Å². The van der Waals surface area contributed by atoms with E-state index in [1.165, 1.54) is 28.6 Å². The van der Waals surface area contributed by atoms with Crippen molar-refractivity contribution in [2.45, 2.75) is 12.8 Å². The second-order valence-electron chi connectivity index (χ2n) is 7.12. The molecule has 0 unspecified atom stereocenters. The Morgan fingerprint density at radius 3 is 2.45 bits per heavy atom. The van der Waals surface area contributed by atoms with Crippen molar-refractivity contribution in [2.24, 2.45) is 0 Å². The third-order valence-corrected chi connectivity index (χ3v) is 5.89. The minimum absolute atomic E-state index is 0.185. The number of carbonyl (C=O) groups is 1. The van der Waals surface area contributed by atoms with Crippen LogP contribution in [0.4, 0.5) is 10.1 Å². The number of benzene rings is 3. The highest BCUT2D eigenvalue weighted by Crippen LogP contribution is 2.24. The van der Waals surface area contributed by atoms with Gasteiger partial charge < -0.3 is 10.1 Å². The number of nitrogens with zero attached hydrogens (tertiary/aromatic N) is 1. The number of sulfonamides is 1. The number of ether oxygens (including phenoxy) is 1. The molecule has 31 heavy (non-hydrogen) atoms. The third-order valence-electron chi connectivity index (χ3n) is 4.69. The van der Waals surface area contributed by atoms with Crippen LogP contribution < -0.4 is 14.4 Å². The molecule has 0 spiro atoms. The maximum Gasteiger partial charge on any atom is 0.232 e. The van der Waals surface area contributed by atoms with E-state index in [0.717, 1.165) is 17.0 Å². The van der Waals surface area contributed by atoms with E-state index in [1.807, 2.05) is 36.4 Å². The van der Waals surface area contributed by atoms with Gasteiger partial charge in [-0.25, -0.2) is 12.8 Å². The SMILES string of the molecule is CS(=O)(=O)N(CCCC(=O)NCCOc1ccc(F)cc1)c1ccc2ccccc2c1. The van der Waals surface area contributed by atoms with Crippen molar-refractivity contribution >= 4 is 32.4 Å². The smallest absolute Gasteiger partial charge is 0.232 e. The number of anilines is 1. The van der Waals surface area contributed by atoms with Crippen molar-refractivity contribution in [1.29, 1.82) is 0 Å². The number of nitrogens with one attached hydrogen (secondary N) is 1. The highest BCUT2D eigenvalue weighted by Gasteiger charge is 2.18. The van der Waals surface area contributed by atoms with Crippen molar-refractivity contribution in [3.8, 4) is 5.75 Å². The van der Waals surface area contributed by atoms with Gasteiger partial charge in [0.05, 0.1) is 18.5 Å². The van der Waals surface area contributed by atoms with Crippen molar-refractivity contribution in [1.82, 2.24) is 5.32 Å². The van der Waals surface area contributed by atoms with Gasteiger partial charge in [-0.2, -0.15) is 0 Å². The van der Waals surface area contributed by atoms with Gasteiger partial charge in [-0.05, 0) is 53.6 Å². The van der Waals surface area contributed by atoms with Gasteiger partial charge in [0.25, 0.3) is 0 Å². The zero-order valence-corrected chi connectivity index (χ0v) is 18.1. The molecule has 0 aromatic heterocycles. The summed E-state index contributed by atoms with van der Waals surface area (Å²) in [5.41, 5.74) is 0.578. The van der Waals surface area contributed by atoms with E-state index in [0.29, 0.717) is 24.4 Å². The second kappa shape index (κ2) is 10.3. The fraction of sp³-hybridized carbons (Fsp3) is 0.261. The van der Waals surface area contributed by atoms with Crippen LogP contribution in [0.5, 0.6) is 5.75 Å².